The summed E-state index contributed by atoms with van der Waals surface area (Å²) in [5.74, 6) is 2.22. The predicted octanol–water partition coefficient (Wildman–Crippen LogP) is 5.36. The maximum Gasteiger partial charge on any atom is 0.294 e. The molecule has 0 bridgehead atoms. The molecule has 4 aliphatic carbocycles. The average Bonchev–Trinajstić information content (AvgIpc) is 3.18. The minimum atomic E-state index is -0.628. The average molecular weight is 449 g/mol. The molecule has 0 spiro atoms. The van der Waals surface area contributed by atoms with E-state index in [2.05, 4.69) is 40.7 Å². The molecule has 5 aliphatic rings. The Labute approximate surface area is 191 Å². The lowest BCUT2D eigenvalue weighted by Crippen LogP contribution is -2.58. The van der Waals surface area contributed by atoms with Crippen LogP contribution in [-0.4, -0.2) is 39.3 Å². The third-order valence-electron chi connectivity index (χ3n) is 10.7. The number of ether oxygens (including phenoxy) is 1. The van der Waals surface area contributed by atoms with Gasteiger partial charge in [-0.2, -0.15) is 5.06 Å². The van der Waals surface area contributed by atoms with E-state index in [0.29, 0.717) is 36.7 Å². The van der Waals surface area contributed by atoms with E-state index in [1.54, 1.807) is 0 Å². The van der Waals surface area contributed by atoms with E-state index >= 15 is 0 Å². The van der Waals surface area contributed by atoms with Crippen LogP contribution < -0.4 is 0 Å². The van der Waals surface area contributed by atoms with Gasteiger partial charge in [-0.15, -0.1) is 10.1 Å². The summed E-state index contributed by atoms with van der Waals surface area (Å²) < 4.78 is 6.35. The zero-order valence-electron chi connectivity index (χ0n) is 20.3. The van der Waals surface area contributed by atoms with E-state index < -0.39 is 10.8 Å². The largest absolute Gasteiger partial charge is 0.356 e. The molecule has 7 heteroatoms. The number of rotatable bonds is 3. The molecule has 3 saturated carbocycles. The van der Waals surface area contributed by atoms with E-state index in [-0.39, 0.29) is 22.5 Å². The van der Waals surface area contributed by atoms with Crippen molar-refractivity contribution in [1.29, 1.82) is 0 Å². The van der Waals surface area contributed by atoms with Gasteiger partial charge in [0.1, 0.15) is 11.8 Å². The van der Waals surface area contributed by atoms with Crippen molar-refractivity contribution in [2.75, 3.05) is 6.61 Å². The Morgan fingerprint density at radius 1 is 1.12 bits per heavy atom. The summed E-state index contributed by atoms with van der Waals surface area (Å²) in [6.45, 7) is 11.6. The summed E-state index contributed by atoms with van der Waals surface area (Å²) in [6, 6.07) is 0. The van der Waals surface area contributed by atoms with Crippen LogP contribution in [-0.2, 0) is 9.57 Å². The molecule has 180 valence electrons. The maximum atomic E-state index is 11.1. The fourth-order valence-electron chi connectivity index (χ4n) is 9.01. The molecule has 0 radical (unpaired) electrons. The third-order valence-corrected chi connectivity index (χ3v) is 10.7. The van der Waals surface area contributed by atoms with Crippen molar-refractivity contribution in [2.45, 2.75) is 103 Å². The fraction of sp³-hybridized carbons (Fsp3) is 0.920. The Bertz CT molecular complexity index is 829. The van der Waals surface area contributed by atoms with E-state index in [9.17, 15) is 15.3 Å². The minimum Gasteiger partial charge on any atom is -0.356 e. The number of fused-ring (bicyclic) bond motifs is 5. The van der Waals surface area contributed by atoms with Gasteiger partial charge in [-0.25, -0.2) is 0 Å². The second kappa shape index (κ2) is 7.16. The summed E-state index contributed by atoms with van der Waals surface area (Å²) >= 11 is 0. The second-order valence-corrected chi connectivity index (χ2v) is 12.6. The van der Waals surface area contributed by atoms with Gasteiger partial charge in [-0.1, -0.05) is 25.5 Å². The molecule has 32 heavy (non-hydrogen) atoms. The first-order valence-corrected chi connectivity index (χ1v) is 12.6. The lowest BCUT2D eigenvalue weighted by molar-refractivity contribution is -0.769. The fourth-order valence-corrected chi connectivity index (χ4v) is 9.01. The monoisotopic (exact) mass is 448 g/mol. The molecule has 0 amide bonds. The summed E-state index contributed by atoms with van der Waals surface area (Å²) in [7, 11) is 0. The normalized spacial score (nSPS) is 50.2. The van der Waals surface area contributed by atoms with Crippen LogP contribution in [0.25, 0.3) is 0 Å². The highest BCUT2D eigenvalue weighted by Crippen LogP contribution is 2.68. The van der Waals surface area contributed by atoms with Gasteiger partial charge in [0, 0.05) is 5.92 Å². The highest BCUT2D eigenvalue weighted by atomic mass is 17.0. The first-order chi connectivity index (χ1) is 14.9. The van der Waals surface area contributed by atoms with Gasteiger partial charge in [0.25, 0.3) is 5.09 Å². The van der Waals surface area contributed by atoms with Crippen LogP contribution >= 0.6 is 0 Å². The van der Waals surface area contributed by atoms with E-state index in [4.69, 9.17) is 9.57 Å². The molecule has 1 N–H and O–H groups in total. The van der Waals surface area contributed by atoms with Gasteiger partial charge in [0.15, 0.2) is 0 Å². The predicted molar refractivity (Wildman–Crippen MR) is 119 cm³/mol. The molecule has 1 aliphatic heterocycles. The van der Waals surface area contributed by atoms with Crippen LogP contribution in [0.3, 0.4) is 0 Å². The Hall–Kier alpha value is -1.18. The Balaban J connectivity index is 1.40. The van der Waals surface area contributed by atoms with Gasteiger partial charge in [0.2, 0.25) is 0 Å². The summed E-state index contributed by atoms with van der Waals surface area (Å²) in [5.41, 5.74) is 0.699. The van der Waals surface area contributed by atoms with Crippen LogP contribution in [0.2, 0.25) is 0 Å². The van der Waals surface area contributed by atoms with Crippen molar-refractivity contribution < 1.29 is 19.9 Å². The number of hydrogen-bond acceptors (Lipinski definition) is 6. The number of hydrogen-bond donors (Lipinski definition) is 1. The molecule has 8 atom stereocenters. The lowest BCUT2D eigenvalue weighted by atomic mass is 9.47. The lowest BCUT2D eigenvalue weighted by Gasteiger charge is -2.59. The SMILES string of the molecule is CC1(C)COC(C)([C@H]2CCC3C4CC=C5C[C@H](O[N+](=O)[O-])CC[C@]5(C)C4CC[C@@]32C)N1O. The second-order valence-electron chi connectivity index (χ2n) is 12.6. The van der Waals surface area contributed by atoms with Crippen LogP contribution in [0.5, 0.6) is 0 Å². The highest BCUT2D eigenvalue weighted by Gasteiger charge is 2.65. The zero-order chi connectivity index (χ0) is 23.1. The molecular weight excluding hydrogens is 408 g/mol. The van der Waals surface area contributed by atoms with Crippen molar-refractivity contribution in [3.63, 3.8) is 0 Å². The first kappa shape index (κ1) is 22.6. The van der Waals surface area contributed by atoms with Crippen LogP contribution in [0, 0.1) is 44.6 Å². The number of allylic oxidation sites excluding steroid dienone is 1. The summed E-state index contributed by atoms with van der Waals surface area (Å²) in [5, 5.41) is 22.8. The van der Waals surface area contributed by atoms with Crippen molar-refractivity contribution in [1.82, 2.24) is 5.06 Å². The van der Waals surface area contributed by atoms with Crippen molar-refractivity contribution in [3.8, 4) is 0 Å². The molecule has 5 rings (SSSR count). The van der Waals surface area contributed by atoms with E-state index in [1.165, 1.54) is 23.5 Å². The van der Waals surface area contributed by atoms with Gasteiger partial charge < -0.3 is 14.8 Å². The Kier molecular flexibility index (Phi) is 5.06. The smallest absolute Gasteiger partial charge is 0.294 e. The van der Waals surface area contributed by atoms with E-state index in [0.717, 1.165) is 32.1 Å². The standard InChI is InChI=1S/C25H40N2O5/c1-22(2)15-31-25(5,26(22)28)21-9-8-19-18-7-6-16-14-17(32-27(29)30)10-12-23(16,3)20(18)11-13-24(19,21)4/h6,17-21,28H,7-15H2,1-5H3/t17-,18?,19?,20?,21+,23+,24+,25?/m1/s1. The molecule has 1 saturated heterocycles. The molecule has 4 fully saturated rings. The number of hydroxylamine groups is 2. The minimum absolute atomic E-state index is 0.136. The molecule has 0 aromatic heterocycles. The zero-order valence-corrected chi connectivity index (χ0v) is 20.3. The maximum absolute atomic E-state index is 11.1. The topological polar surface area (TPSA) is 85.1 Å². The Morgan fingerprint density at radius 3 is 2.53 bits per heavy atom. The van der Waals surface area contributed by atoms with Gasteiger partial charge in [-0.3, -0.25) is 0 Å². The van der Waals surface area contributed by atoms with Gasteiger partial charge >= 0.3 is 0 Å². The molecule has 7 nitrogen and oxygen atoms in total. The molecule has 1 heterocycles. The van der Waals surface area contributed by atoms with Crippen LogP contribution in [0.15, 0.2) is 11.6 Å². The third kappa shape index (κ3) is 3.03. The van der Waals surface area contributed by atoms with Gasteiger partial charge in [-0.05, 0) is 101 Å². The molecule has 0 aromatic carbocycles. The van der Waals surface area contributed by atoms with Crippen LogP contribution in [0.1, 0.15) is 86.0 Å². The summed E-state index contributed by atoms with van der Waals surface area (Å²) in [6.07, 6.45) is 10.3. The highest BCUT2D eigenvalue weighted by molar-refractivity contribution is 5.25. The molecule has 0 aromatic rings. The first-order valence-electron chi connectivity index (χ1n) is 12.6. The van der Waals surface area contributed by atoms with Crippen molar-refractivity contribution in [2.24, 2.45) is 34.5 Å². The molecular formula is C25H40N2O5. The Morgan fingerprint density at radius 2 is 1.88 bits per heavy atom. The van der Waals surface area contributed by atoms with Crippen LogP contribution in [0.4, 0.5) is 0 Å². The number of nitrogens with zero attached hydrogens (tertiary/aromatic N) is 2. The molecule has 4 unspecified atom stereocenters. The summed E-state index contributed by atoms with van der Waals surface area (Å²) in [4.78, 5) is 15.8. The van der Waals surface area contributed by atoms with Crippen molar-refractivity contribution in [3.05, 3.63) is 21.8 Å². The van der Waals surface area contributed by atoms with E-state index in [1.807, 2.05) is 0 Å². The van der Waals surface area contributed by atoms with Crippen molar-refractivity contribution >= 4 is 0 Å². The van der Waals surface area contributed by atoms with Gasteiger partial charge in [0.05, 0.1) is 12.1 Å². The quantitative estimate of drug-likeness (QED) is 0.355.